The maximum absolute atomic E-state index is 13.2. The molecule has 0 spiro atoms. The largest absolute Gasteiger partial charge is 0.463 e. The van der Waals surface area contributed by atoms with Crippen LogP contribution in [-0.4, -0.2) is 32.8 Å². The predicted molar refractivity (Wildman–Crippen MR) is 105 cm³/mol. The maximum atomic E-state index is 13.2. The number of rotatable bonds is 7. The van der Waals surface area contributed by atoms with Crippen LogP contribution >= 0.6 is 0 Å². The Kier molecular flexibility index (Phi) is 5.32. The first-order valence-corrected chi connectivity index (χ1v) is 9.39. The fourth-order valence-electron chi connectivity index (χ4n) is 3.21. The molecule has 3 aromatic heterocycles. The Balaban J connectivity index is 2.15. The number of carbonyl (C=O) groups excluding carboxylic acids is 1. The standard InChI is InChI=1S/C20H27N5O2/c1-5-20(6-2,12-21)24-19(26)14-10-16(17-8-7-9-27-17)23-18-15(14)11-22-25(18)13(3)4/h7-11,13H,5-6,12,21H2,1-4H3,(H,24,26). The zero-order valence-corrected chi connectivity index (χ0v) is 16.3. The summed E-state index contributed by atoms with van der Waals surface area (Å²) < 4.78 is 7.31. The van der Waals surface area contributed by atoms with Crippen LogP contribution in [-0.2, 0) is 0 Å². The van der Waals surface area contributed by atoms with Crippen molar-refractivity contribution in [3.8, 4) is 11.5 Å². The molecule has 3 N–H and O–H groups in total. The number of carbonyl (C=O) groups is 1. The van der Waals surface area contributed by atoms with Crippen molar-refractivity contribution in [3.63, 3.8) is 0 Å². The number of hydrogen-bond donors (Lipinski definition) is 2. The van der Waals surface area contributed by atoms with E-state index in [1.54, 1.807) is 24.6 Å². The van der Waals surface area contributed by atoms with Crippen LogP contribution < -0.4 is 11.1 Å². The number of aromatic nitrogens is 3. The van der Waals surface area contributed by atoms with Gasteiger partial charge in [-0.1, -0.05) is 13.8 Å². The van der Waals surface area contributed by atoms with Gasteiger partial charge in [0.25, 0.3) is 5.91 Å². The molecule has 0 aromatic carbocycles. The van der Waals surface area contributed by atoms with Crippen molar-refractivity contribution < 1.29 is 9.21 Å². The summed E-state index contributed by atoms with van der Waals surface area (Å²) in [5.74, 6) is 0.436. The van der Waals surface area contributed by atoms with Crippen LogP contribution in [0.3, 0.4) is 0 Å². The molecule has 7 nitrogen and oxygen atoms in total. The summed E-state index contributed by atoms with van der Waals surface area (Å²) in [5.41, 5.74) is 7.33. The molecule has 27 heavy (non-hydrogen) atoms. The van der Waals surface area contributed by atoms with Crippen molar-refractivity contribution in [1.29, 1.82) is 0 Å². The van der Waals surface area contributed by atoms with Crippen LogP contribution in [0.25, 0.3) is 22.5 Å². The second-order valence-electron chi connectivity index (χ2n) is 7.10. The maximum Gasteiger partial charge on any atom is 0.252 e. The summed E-state index contributed by atoms with van der Waals surface area (Å²) >= 11 is 0. The van der Waals surface area contributed by atoms with E-state index in [-0.39, 0.29) is 11.9 Å². The van der Waals surface area contributed by atoms with E-state index in [0.717, 1.165) is 18.2 Å². The molecular weight excluding hydrogens is 342 g/mol. The fraction of sp³-hybridized carbons (Fsp3) is 0.450. The molecule has 0 unspecified atom stereocenters. The zero-order chi connectivity index (χ0) is 19.6. The minimum atomic E-state index is -0.425. The van der Waals surface area contributed by atoms with Gasteiger partial charge in [0.1, 0.15) is 5.69 Å². The van der Waals surface area contributed by atoms with Gasteiger partial charge >= 0.3 is 0 Å². The van der Waals surface area contributed by atoms with Crippen molar-refractivity contribution >= 4 is 16.9 Å². The highest BCUT2D eigenvalue weighted by Gasteiger charge is 2.28. The molecular formula is C20H27N5O2. The molecule has 0 saturated heterocycles. The Labute approximate surface area is 158 Å². The summed E-state index contributed by atoms with van der Waals surface area (Å²) in [5, 5.41) is 8.29. The minimum absolute atomic E-state index is 0.118. The van der Waals surface area contributed by atoms with Crippen LogP contribution in [0.2, 0.25) is 0 Å². The number of amides is 1. The summed E-state index contributed by atoms with van der Waals surface area (Å²) in [7, 11) is 0. The number of hydrogen-bond acceptors (Lipinski definition) is 5. The molecule has 0 saturated carbocycles. The van der Waals surface area contributed by atoms with E-state index in [9.17, 15) is 4.79 Å². The van der Waals surface area contributed by atoms with Crippen molar-refractivity contribution in [2.24, 2.45) is 5.73 Å². The van der Waals surface area contributed by atoms with Crippen molar-refractivity contribution in [1.82, 2.24) is 20.1 Å². The number of nitrogens with two attached hydrogens (primary N) is 1. The fourth-order valence-corrected chi connectivity index (χ4v) is 3.21. The average molecular weight is 369 g/mol. The van der Waals surface area contributed by atoms with Crippen LogP contribution in [0.4, 0.5) is 0 Å². The summed E-state index contributed by atoms with van der Waals surface area (Å²) in [4.78, 5) is 17.9. The molecule has 0 aliphatic carbocycles. The van der Waals surface area contributed by atoms with Crippen LogP contribution in [0.1, 0.15) is 56.9 Å². The van der Waals surface area contributed by atoms with Gasteiger partial charge in [0.15, 0.2) is 11.4 Å². The monoisotopic (exact) mass is 369 g/mol. The van der Waals surface area contributed by atoms with Crippen molar-refractivity contribution in [2.45, 2.75) is 52.1 Å². The van der Waals surface area contributed by atoms with Crippen molar-refractivity contribution in [2.75, 3.05) is 6.54 Å². The van der Waals surface area contributed by atoms with Gasteiger partial charge < -0.3 is 15.5 Å². The third kappa shape index (κ3) is 3.47. The molecule has 144 valence electrons. The summed E-state index contributed by atoms with van der Waals surface area (Å²) in [6.45, 7) is 8.51. The van der Waals surface area contributed by atoms with E-state index in [4.69, 9.17) is 15.1 Å². The van der Waals surface area contributed by atoms with Gasteiger partial charge in [-0.2, -0.15) is 5.10 Å². The molecule has 0 aliphatic rings. The molecule has 1 amide bonds. The van der Waals surface area contributed by atoms with Gasteiger partial charge in [-0.05, 0) is 44.9 Å². The van der Waals surface area contributed by atoms with Crippen LogP contribution in [0.5, 0.6) is 0 Å². The second-order valence-corrected chi connectivity index (χ2v) is 7.10. The van der Waals surface area contributed by atoms with Crippen molar-refractivity contribution in [3.05, 3.63) is 36.2 Å². The van der Waals surface area contributed by atoms with Gasteiger partial charge in [-0.15, -0.1) is 0 Å². The SMILES string of the molecule is CCC(CC)(CN)NC(=O)c1cc(-c2ccco2)nc2c1cnn2C(C)C. The molecule has 0 aliphatic heterocycles. The lowest BCUT2D eigenvalue weighted by Crippen LogP contribution is -2.52. The Morgan fingerprint density at radius 3 is 2.67 bits per heavy atom. The van der Waals surface area contributed by atoms with E-state index >= 15 is 0 Å². The summed E-state index contributed by atoms with van der Waals surface area (Å²) in [6.07, 6.45) is 4.81. The number of nitrogens with zero attached hydrogens (tertiary/aromatic N) is 3. The molecule has 3 aromatic rings. The highest BCUT2D eigenvalue weighted by atomic mass is 16.3. The number of furan rings is 1. The zero-order valence-electron chi connectivity index (χ0n) is 16.3. The smallest absolute Gasteiger partial charge is 0.252 e. The number of pyridine rings is 1. The second kappa shape index (κ2) is 7.52. The first kappa shape index (κ1) is 19.1. The van der Waals surface area contributed by atoms with Gasteiger partial charge in [-0.3, -0.25) is 4.79 Å². The molecule has 7 heteroatoms. The third-order valence-corrected chi connectivity index (χ3v) is 5.20. The minimum Gasteiger partial charge on any atom is -0.463 e. The molecule has 3 heterocycles. The quantitative estimate of drug-likeness (QED) is 0.664. The lowest BCUT2D eigenvalue weighted by atomic mass is 9.92. The molecule has 3 rings (SSSR count). The first-order valence-electron chi connectivity index (χ1n) is 9.39. The Morgan fingerprint density at radius 2 is 2.11 bits per heavy atom. The highest BCUT2D eigenvalue weighted by molar-refractivity contribution is 6.06. The Bertz CT molecular complexity index is 915. The van der Waals surface area contributed by atoms with Crippen LogP contribution in [0.15, 0.2) is 35.1 Å². The molecule has 0 bridgehead atoms. The Hall–Kier alpha value is -2.67. The topological polar surface area (TPSA) is 99.0 Å². The Morgan fingerprint density at radius 1 is 1.37 bits per heavy atom. The number of fused-ring (bicyclic) bond motifs is 1. The lowest BCUT2D eigenvalue weighted by Gasteiger charge is -2.31. The van der Waals surface area contributed by atoms with Gasteiger partial charge in [-0.25, -0.2) is 9.67 Å². The molecule has 0 atom stereocenters. The van der Waals surface area contributed by atoms with E-state index in [2.05, 4.69) is 10.4 Å². The molecule has 0 radical (unpaired) electrons. The van der Waals surface area contributed by atoms with Gasteiger partial charge in [0.2, 0.25) is 0 Å². The van der Waals surface area contributed by atoms with E-state index in [0.29, 0.717) is 29.2 Å². The van der Waals surface area contributed by atoms with Gasteiger partial charge in [0.05, 0.1) is 28.9 Å². The summed E-state index contributed by atoms with van der Waals surface area (Å²) in [6, 6.07) is 5.50. The van der Waals surface area contributed by atoms with E-state index in [1.165, 1.54) is 0 Å². The average Bonchev–Trinajstić information content (AvgIpc) is 3.34. The van der Waals surface area contributed by atoms with Gasteiger partial charge in [0, 0.05) is 12.6 Å². The third-order valence-electron chi connectivity index (χ3n) is 5.20. The van der Waals surface area contributed by atoms with Crippen LogP contribution in [0, 0.1) is 0 Å². The van der Waals surface area contributed by atoms with E-state index in [1.807, 2.05) is 38.4 Å². The lowest BCUT2D eigenvalue weighted by molar-refractivity contribution is 0.0897. The predicted octanol–water partition coefficient (Wildman–Crippen LogP) is 3.52. The number of nitrogens with one attached hydrogen (secondary N) is 1. The highest BCUT2D eigenvalue weighted by Crippen LogP contribution is 2.27. The van der Waals surface area contributed by atoms with E-state index < -0.39 is 5.54 Å². The normalized spacial score (nSPS) is 12.1. The molecule has 0 fully saturated rings. The first-order chi connectivity index (χ1) is 12.9.